The number of benzene rings is 1. The quantitative estimate of drug-likeness (QED) is 0.784. The van der Waals surface area contributed by atoms with Crippen LogP contribution in [0.15, 0.2) is 40.5 Å². The lowest BCUT2D eigenvalue weighted by Gasteiger charge is -2.09. The van der Waals surface area contributed by atoms with Crippen LogP contribution in [0.5, 0.6) is 5.75 Å². The van der Waals surface area contributed by atoms with Crippen molar-refractivity contribution in [3.05, 3.63) is 36.2 Å². The van der Waals surface area contributed by atoms with Crippen LogP contribution in [0, 0.1) is 0 Å². The van der Waals surface area contributed by atoms with Crippen molar-refractivity contribution in [3.8, 4) is 5.75 Å². The molecule has 7 nitrogen and oxygen atoms in total. The Balaban J connectivity index is 2.25. The number of rotatable bonds is 6. The topological polar surface area (TPSA) is 90.3 Å². The Hall–Kier alpha value is -2.00. The second kappa shape index (κ2) is 7.27. The molecular formula is C15H19N3O4S2. The molecular weight excluding hydrogens is 350 g/mol. The Morgan fingerprint density at radius 2 is 2.00 bits per heavy atom. The molecule has 0 atom stereocenters. The Kier molecular flexibility index (Phi) is 5.55. The second-order valence-corrected chi connectivity index (χ2v) is 8.47. The van der Waals surface area contributed by atoms with Crippen LogP contribution in [0.3, 0.4) is 0 Å². The van der Waals surface area contributed by atoms with Gasteiger partial charge in [0.15, 0.2) is 5.16 Å². The molecule has 0 saturated carbocycles. The SMILES string of the molecule is COc1ccccc1S(=O)(=O)NC(=O)c1cn(C)c(SC(C)C)n1. The van der Waals surface area contributed by atoms with E-state index in [-0.39, 0.29) is 16.3 Å². The molecule has 1 aromatic heterocycles. The summed E-state index contributed by atoms with van der Waals surface area (Å²) in [6.07, 6.45) is 1.50. The summed E-state index contributed by atoms with van der Waals surface area (Å²) in [5.41, 5.74) is 0.0409. The van der Waals surface area contributed by atoms with E-state index in [2.05, 4.69) is 4.98 Å². The summed E-state index contributed by atoms with van der Waals surface area (Å²) in [6.45, 7) is 4.01. The fraction of sp³-hybridized carbons (Fsp3) is 0.333. The van der Waals surface area contributed by atoms with E-state index in [4.69, 9.17) is 4.74 Å². The Labute approximate surface area is 145 Å². The minimum atomic E-state index is -4.06. The molecule has 24 heavy (non-hydrogen) atoms. The van der Waals surface area contributed by atoms with Crippen LogP contribution in [0.1, 0.15) is 24.3 Å². The van der Waals surface area contributed by atoms with Gasteiger partial charge in [-0.2, -0.15) is 0 Å². The predicted octanol–water partition coefficient (Wildman–Crippen LogP) is 2.05. The lowest BCUT2D eigenvalue weighted by Crippen LogP contribution is -2.31. The third kappa shape index (κ3) is 4.09. The average molecular weight is 369 g/mol. The first-order valence-corrected chi connectivity index (χ1v) is 9.51. The number of aromatic nitrogens is 2. The zero-order valence-electron chi connectivity index (χ0n) is 13.8. The van der Waals surface area contributed by atoms with Gasteiger partial charge in [0.2, 0.25) is 0 Å². The van der Waals surface area contributed by atoms with Crippen molar-refractivity contribution in [2.75, 3.05) is 7.11 Å². The molecule has 0 bridgehead atoms. The first-order chi connectivity index (χ1) is 11.2. The first kappa shape index (κ1) is 18.3. The molecule has 1 aromatic carbocycles. The van der Waals surface area contributed by atoms with Crippen LogP contribution in [0.2, 0.25) is 0 Å². The van der Waals surface area contributed by atoms with E-state index >= 15 is 0 Å². The van der Waals surface area contributed by atoms with E-state index in [1.54, 1.807) is 23.7 Å². The molecule has 9 heteroatoms. The molecule has 0 radical (unpaired) electrons. The number of aryl methyl sites for hydroxylation is 1. The van der Waals surface area contributed by atoms with Crippen molar-refractivity contribution in [1.29, 1.82) is 0 Å². The first-order valence-electron chi connectivity index (χ1n) is 7.14. The number of nitrogens with one attached hydrogen (secondary N) is 1. The summed E-state index contributed by atoms with van der Waals surface area (Å²) >= 11 is 1.49. The number of hydrogen-bond donors (Lipinski definition) is 1. The number of amides is 1. The number of thioether (sulfide) groups is 1. The van der Waals surface area contributed by atoms with Gasteiger partial charge < -0.3 is 9.30 Å². The predicted molar refractivity (Wildman–Crippen MR) is 91.8 cm³/mol. The van der Waals surface area contributed by atoms with E-state index in [1.165, 1.54) is 37.2 Å². The highest BCUT2D eigenvalue weighted by Gasteiger charge is 2.24. The van der Waals surface area contributed by atoms with Crippen LogP contribution in [-0.4, -0.2) is 36.2 Å². The average Bonchev–Trinajstić information content (AvgIpc) is 2.87. The maximum atomic E-state index is 12.4. The standard InChI is InChI=1S/C15H19N3O4S2/c1-10(2)23-15-16-11(9-18(15)3)14(19)17-24(20,21)13-8-6-5-7-12(13)22-4/h5-10H,1-4H3,(H,17,19). The lowest BCUT2D eigenvalue weighted by molar-refractivity contribution is 0.0976. The molecule has 0 spiro atoms. The number of hydrogen-bond acceptors (Lipinski definition) is 6. The molecule has 2 rings (SSSR count). The van der Waals surface area contributed by atoms with Gasteiger partial charge in [-0.25, -0.2) is 18.1 Å². The monoisotopic (exact) mass is 369 g/mol. The van der Waals surface area contributed by atoms with Gasteiger partial charge in [0.05, 0.1) is 7.11 Å². The molecule has 1 heterocycles. The molecule has 0 fully saturated rings. The maximum absolute atomic E-state index is 12.4. The van der Waals surface area contributed by atoms with Crippen molar-refractivity contribution >= 4 is 27.7 Å². The highest BCUT2D eigenvalue weighted by molar-refractivity contribution is 7.99. The normalized spacial score (nSPS) is 11.5. The van der Waals surface area contributed by atoms with Crippen LogP contribution in [-0.2, 0) is 17.1 Å². The van der Waals surface area contributed by atoms with Gasteiger partial charge in [0, 0.05) is 18.5 Å². The van der Waals surface area contributed by atoms with Crippen molar-refractivity contribution in [2.45, 2.75) is 29.1 Å². The zero-order valence-corrected chi connectivity index (χ0v) is 15.4. The largest absolute Gasteiger partial charge is 0.495 e. The van der Waals surface area contributed by atoms with Crippen molar-refractivity contribution < 1.29 is 17.9 Å². The molecule has 0 aliphatic carbocycles. The number of carbonyl (C=O) groups excluding carboxylic acids is 1. The third-order valence-electron chi connectivity index (χ3n) is 2.99. The van der Waals surface area contributed by atoms with Gasteiger partial charge in [-0.15, -0.1) is 0 Å². The van der Waals surface area contributed by atoms with E-state index in [9.17, 15) is 13.2 Å². The molecule has 1 N–H and O–H groups in total. The molecule has 0 saturated heterocycles. The minimum absolute atomic E-state index is 0.0409. The van der Waals surface area contributed by atoms with E-state index in [0.29, 0.717) is 10.4 Å². The summed E-state index contributed by atoms with van der Waals surface area (Å²) < 4.78 is 33.6. The lowest BCUT2D eigenvalue weighted by atomic mass is 10.3. The summed E-state index contributed by atoms with van der Waals surface area (Å²) in [5.74, 6) is -0.623. The number of sulfonamides is 1. The molecule has 1 amide bonds. The summed E-state index contributed by atoms with van der Waals surface area (Å²) in [7, 11) is -0.939. The number of methoxy groups -OCH3 is 1. The van der Waals surface area contributed by atoms with E-state index < -0.39 is 15.9 Å². The summed E-state index contributed by atoms with van der Waals surface area (Å²) in [6, 6.07) is 6.08. The van der Waals surface area contributed by atoms with Crippen LogP contribution >= 0.6 is 11.8 Å². The van der Waals surface area contributed by atoms with Gasteiger partial charge in [-0.3, -0.25) is 4.79 Å². The van der Waals surface area contributed by atoms with Crippen LogP contribution in [0.4, 0.5) is 0 Å². The van der Waals surface area contributed by atoms with Crippen molar-refractivity contribution in [1.82, 2.24) is 14.3 Å². The molecule has 0 aliphatic rings. The second-order valence-electron chi connectivity index (χ2n) is 5.27. The maximum Gasteiger partial charge on any atom is 0.285 e. The third-order valence-corrected chi connectivity index (χ3v) is 5.43. The molecule has 130 valence electrons. The van der Waals surface area contributed by atoms with Gasteiger partial charge in [-0.1, -0.05) is 37.7 Å². The summed E-state index contributed by atoms with van der Waals surface area (Å²) in [4.78, 5) is 16.4. The zero-order chi connectivity index (χ0) is 17.9. The van der Waals surface area contributed by atoms with Crippen LogP contribution in [0.25, 0.3) is 0 Å². The number of para-hydroxylation sites is 1. The number of carbonyl (C=O) groups is 1. The fourth-order valence-electron chi connectivity index (χ4n) is 1.95. The number of imidazole rings is 1. The van der Waals surface area contributed by atoms with Gasteiger partial charge in [0.1, 0.15) is 16.3 Å². The van der Waals surface area contributed by atoms with E-state index in [0.717, 1.165) is 0 Å². The summed E-state index contributed by atoms with van der Waals surface area (Å²) in [5, 5.41) is 0.934. The fourth-order valence-corrected chi connectivity index (χ4v) is 3.87. The highest BCUT2D eigenvalue weighted by atomic mass is 32.2. The van der Waals surface area contributed by atoms with Crippen molar-refractivity contribution in [2.24, 2.45) is 7.05 Å². The number of ether oxygens (including phenoxy) is 1. The Bertz CT molecular complexity index is 844. The van der Waals surface area contributed by atoms with Gasteiger partial charge in [0.25, 0.3) is 15.9 Å². The Morgan fingerprint density at radius 1 is 1.33 bits per heavy atom. The molecule has 2 aromatic rings. The van der Waals surface area contributed by atoms with Gasteiger partial charge in [-0.05, 0) is 12.1 Å². The van der Waals surface area contributed by atoms with Crippen molar-refractivity contribution in [3.63, 3.8) is 0 Å². The molecule has 0 unspecified atom stereocenters. The minimum Gasteiger partial charge on any atom is -0.495 e. The van der Waals surface area contributed by atoms with Crippen LogP contribution < -0.4 is 9.46 Å². The molecule has 0 aliphatic heterocycles. The van der Waals surface area contributed by atoms with Gasteiger partial charge >= 0.3 is 0 Å². The van der Waals surface area contributed by atoms with E-state index in [1.807, 2.05) is 18.6 Å². The Morgan fingerprint density at radius 3 is 2.62 bits per heavy atom. The highest BCUT2D eigenvalue weighted by Crippen LogP contribution is 2.24. The number of nitrogens with zero attached hydrogens (tertiary/aromatic N) is 2. The smallest absolute Gasteiger partial charge is 0.285 e.